The maximum Gasteiger partial charge on any atom is 0.434 e. The Morgan fingerprint density at radius 1 is 1.05 bits per heavy atom. The van der Waals surface area contributed by atoms with Crippen molar-refractivity contribution in [2.24, 2.45) is 0 Å². The molecule has 4 aromatic rings. The molecule has 0 N–H and O–H groups in total. The third-order valence-electron chi connectivity index (χ3n) is 4.91. The smallest absolute Gasteiger partial charge is 0.434 e. The zero-order chi connectivity index (χ0) is 27.3. The normalized spacial score (nSPS) is 12.2. The fourth-order valence-corrected chi connectivity index (χ4v) is 3.85. The average Bonchev–Trinajstić information content (AvgIpc) is 3.42. The molecule has 0 bridgehead atoms. The van der Waals surface area contributed by atoms with Crippen molar-refractivity contribution in [1.82, 2.24) is 19.9 Å². The van der Waals surface area contributed by atoms with E-state index in [-0.39, 0.29) is 15.9 Å². The number of hydrogen-bond donors (Lipinski definition) is 0. The van der Waals surface area contributed by atoms with Crippen molar-refractivity contribution in [3.05, 3.63) is 69.3 Å². The molecule has 0 radical (unpaired) electrons. The highest BCUT2D eigenvalue weighted by Gasteiger charge is 2.43. The molecule has 4 rings (SSSR count). The quantitative estimate of drug-likeness (QED) is 0.197. The average molecular weight is 569 g/mol. The van der Waals surface area contributed by atoms with Gasteiger partial charge in [-0.3, -0.25) is 0 Å². The van der Waals surface area contributed by atoms with Crippen molar-refractivity contribution in [3.8, 4) is 28.4 Å². The van der Waals surface area contributed by atoms with Crippen LogP contribution < -0.4 is 0 Å². The van der Waals surface area contributed by atoms with Crippen LogP contribution in [-0.2, 0) is 17.1 Å². The van der Waals surface area contributed by atoms with Crippen molar-refractivity contribution in [2.75, 3.05) is 7.11 Å². The Labute approximate surface area is 211 Å². The summed E-state index contributed by atoms with van der Waals surface area (Å²) < 4.78 is 106. The minimum atomic E-state index is -5.24. The number of carbonyl (C=O) groups excluding carboxylic acids is 1. The largest absolute Gasteiger partial charge is 0.465 e. The van der Waals surface area contributed by atoms with Crippen LogP contribution in [-0.4, -0.2) is 33.0 Å². The number of halogens is 9. The van der Waals surface area contributed by atoms with Crippen LogP contribution >= 0.6 is 23.2 Å². The molecule has 37 heavy (non-hydrogen) atoms. The molecular weight excluding hydrogens is 560 g/mol. The predicted molar refractivity (Wildman–Crippen MR) is 114 cm³/mol. The molecule has 0 aliphatic heterocycles. The van der Waals surface area contributed by atoms with E-state index < -0.39 is 74.4 Å². The number of ether oxygens (including phenoxy) is 1. The topological polar surface area (TPSA) is 83.0 Å². The summed E-state index contributed by atoms with van der Waals surface area (Å²) in [5.74, 6) is -3.85. The van der Waals surface area contributed by atoms with Gasteiger partial charge in [-0.2, -0.15) is 31.4 Å². The zero-order valence-electron chi connectivity index (χ0n) is 17.9. The number of esters is 1. The van der Waals surface area contributed by atoms with Gasteiger partial charge in [-0.15, -0.1) is 0 Å². The summed E-state index contributed by atoms with van der Waals surface area (Å²) in [6.07, 6.45) is -9.24. The molecule has 0 aliphatic carbocycles. The lowest BCUT2D eigenvalue weighted by Gasteiger charge is -2.14. The third-order valence-corrected chi connectivity index (χ3v) is 5.51. The highest BCUT2D eigenvalue weighted by atomic mass is 35.5. The Morgan fingerprint density at radius 2 is 1.76 bits per heavy atom. The molecule has 194 valence electrons. The minimum absolute atomic E-state index is 0.122. The number of hydrogen-bond acceptors (Lipinski definition) is 6. The molecule has 0 saturated carbocycles. The van der Waals surface area contributed by atoms with Gasteiger partial charge in [0, 0.05) is 6.20 Å². The summed E-state index contributed by atoms with van der Waals surface area (Å²) >= 11 is 11.8. The molecule has 0 fully saturated rings. The molecule has 1 aromatic carbocycles. The summed E-state index contributed by atoms with van der Waals surface area (Å²) in [6.45, 7) is 0. The second kappa shape index (κ2) is 9.34. The zero-order valence-corrected chi connectivity index (χ0v) is 19.4. The van der Waals surface area contributed by atoms with E-state index in [9.17, 15) is 35.5 Å². The number of benzene rings is 1. The van der Waals surface area contributed by atoms with Gasteiger partial charge < -0.3 is 9.26 Å². The van der Waals surface area contributed by atoms with Gasteiger partial charge in [-0.05, 0) is 18.2 Å². The van der Waals surface area contributed by atoms with Crippen LogP contribution in [0, 0.1) is 5.82 Å². The van der Waals surface area contributed by atoms with Gasteiger partial charge in [0.2, 0.25) is 0 Å². The first-order valence-corrected chi connectivity index (χ1v) is 10.4. The number of carbonyl (C=O) groups is 1. The van der Waals surface area contributed by atoms with Crippen molar-refractivity contribution in [3.63, 3.8) is 0 Å². The lowest BCUT2D eigenvalue weighted by Crippen LogP contribution is -2.17. The van der Waals surface area contributed by atoms with Crippen LogP contribution in [0.5, 0.6) is 0 Å². The summed E-state index contributed by atoms with van der Waals surface area (Å²) in [5.41, 5.74) is -5.56. The maximum absolute atomic E-state index is 14.5. The monoisotopic (exact) mass is 568 g/mol. The van der Waals surface area contributed by atoms with Crippen molar-refractivity contribution in [1.29, 1.82) is 0 Å². The molecule has 0 saturated heterocycles. The van der Waals surface area contributed by atoms with Crippen LogP contribution in [0.3, 0.4) is 0 Å². The van der Waals surface area contributed by atoms with Gasteiger partial charge >= 0.3 is 18.3 Å². The Hall–Kier alpha value is -3.65. The molecule has 0 aliphatic rings. The number of alkyl halides is 6. The molecule has 3 aromatic heterocycles. The van der Waals surface area contributed by atoms with Crippen LogP contribution in [0.1, 0.15) is 21.6 Å². The first-order chi connectivity index (χ1) is 17.3. The fourth-order valence-electron chi connectivity index (χ4n) is 3.35. The SMILES string of the molecule is COC(=O)c1c(-c2c(F)cccc2Cl)noc1-c1cnn(-c2ncc(C(F)(F)F)cc2Cl)c1C(F)(F)F. The van der Waals surface area contributed by atoms with Crippen molar-refractivity contribution in [2.45, 2.75) is 12.4 Å². The van der Waals surface area contributed by atoms with Crippen LogP contribution in [0.15, 0.2) is 41.2 Å². The Balaban J connectivity index is 1.98. The summed E-state index contributed by atoms with van der Waals surface area (Å²) in [4.78, 5) is 16.0. The molecule has 0 atom stereocenters. The maximum atomic E-state index is 14.5. The van der Waals surface area contributed by atoms with Gasteiger partial charge in [0.1, 0.15) is 17.1 Å². The fraction of sp³-hybridized carbons (Fsp3) is 0.143. The van der Waals surface area contributed by atoms with Crippen molar-refractivity contribution < 1.29 is 44.8 Å². The van der Waals surface area contributed by atoms with E-state index in [1.807, 2.05) is 0 Å². The first-order valence-electron chi connectivity index (χ1n) is 9.66. The van der Waals surface area contributed by atoms with Crippen LogP contribution in [0.2, 0.25) is 10.0 Å². The van der Waals surface area contributed by atoms with E-state index in [2.05, 4.69) is 20.0 Å². The molecule has 0 unspecified atom stereocenters. The highest BCUT2D eigenvalue weighted by molar-refractivity contribution is 6.33. The number of pyridine rings is 1. The van der Waals surface area contributed by atoms with E-state index >= 15 is 0 Å². The van der Waals surface area contributed by atoms with Crippen molar-refractivity contribution >= 4 is 29.2 Å². The summed E-state index contributed by atoms with van der Waals surface area (Å²) in [5, 5.41) is 6.05. The van der Waals surface area contributed by atoms with E-state index in [1.54, 1.807) is 0 Å². The van der Waals surface area contributed by atoms with Gasteiger partial charge in [-0.25, -0.2) is 18.9 Å². The number of nitrogens with zero attached hydrogens (tertiary/aromatic N) is 4. The van der Waals surface area contributed by atoms with Gasteiger partial charge in [0.15, 0.2) is 17.3 Å². The van der Waals surface area contributed by atoms with Crippen LogP contribution in [0.4, 0.5) is 30.7 Å². The Kier molecular flexibility index (Phi) is 6.67. The van der Waals surface area contributed by atoms with E-state index in [0.717, 1.165) is 13.2 Å². The van der Waals surface area contributed by atoms with Gasteiger partial charge in [-0.1, -0.05) is 34.4 Å². The minimum Gasteiger partial charge on any atom is -0.465 e. The molecule has 7 nitrogen and oxygen atoms in total. The molecule has 0 amide bonds. The van der Waals surface area contributed by atoms with Gasteiger partial charge in [0.25, 0.3) is 0 Å². The lowest BCUT2D eigenvalue weighted by atomic mass is 10.0. The molecule has 16 heteroatoms. The summed E-state index contributed by atoms with van der Waals surface area (Å²) in [6, 6.07) is 3.82. The number of rotatable bonds is 4. The van der Waals surface area contributed by atoms with E-state index in [1.165, 1.54) is 12.1 Å². The van der Waals surface area contributed by atoms with E-state index in [4.69, 9.17) is 27.7 Å². The summed E-state index contributed by atoms with van der Waals surface area (Å²) in [7, 11) is 0.909. The standard InChI is InChI=1S/C21H9Cl2F7N4O3/c1-36-19(35)14-15(13-10(22)3-2-4-12(13)24)33-37-16(14)9-7-32-34(17(9)21(28,29)30)18-11(23)5-8(6-31-18)20(25,26)27/h2-7H,1H3. The highest BCUT2D eigenvalue weighted by Crippen LogP contribution is 2.43. The van der Waals surface area contributed by atoms with Crippen LogP contribution in [0.25, 0.3) is 28.4 Å². The number of methoxy groups -OCH3 is 1. The molecule has 0 spiro atoms. The Bertz CT molecular complexity index is 1490. The first kappa shape index (κ1) is 26.4. The van der Waals surface area contributed by atoms with E-state index in [0.29, 0.717) is 12.3 Å². The Morgan fingerprint density at radius 3 is 2.32 bits per heavy atom. The second-order valence-electron chi connectivity index (χ2n) is 7.17. The van der Waals surface area contributed by atoms with Gasteiger partial charge in [0.05, 0.1) is 40.0 Å². The molecule has 3 heterocycles. The number of aromatic nitrogens is 4. The third kappa shape index (κ3) is 4.73. The lowest BCUT2D eigenvalue weighted by molar-refractivity contribution is -0.142. The molecular formula is C21H9Cl2F7N4O3. The second-order valence-corrected chi connectivity index (χ2v) is 7.98. The predicted octanol–water partition coefficient (Wildman–Crippen LogP) is 6.86.